The van der Waals surface area contributed by atoms with Gasteiger partial charge in [-0.1, -0.05) is 30.3 Å². The van der Waals surface area contributed by atoms with Gasteiger partial charge in [-0.3, -0.25) is 14.9 Å². The highest BCUT2D eigenvalue weighted by Gasteiger charge is 2.17. The van der Waals surface area contributed by atoms with E-state index in [1.54, 1.807) is 0 Å². The minimum absolute atomic E-state index is 0.0946. The molecule has 0 aliphatic heterocycles. The van der Waals surface area contributed by atoms with Gasteiger partial charge in [-0.25, -0.2) is 0 Å². The number of non-ortho nitro benzene ring substituents is 1. The number of carbonyl (C=O) groups is 1. The van der Waals surface area contributed by atoms with Crippen LogP contribution in [0.1, 0.15) is 12.0 Å². The molecular formula is C15H11Br2NO4. The molecule has 0 saturated heterocycles. The second kappa shape index (κ2) is 7.51. The summed E-state index contributed by atoms with van der Waals surface area (Å²) in [6.07, 6.45) is 0.793. The Morgan fingerprint density at radius 3 is 2.27 bits per heavy atom. The van der Waals surface area contributed by atoms with Crippen LogP contribution in [-0.2, 0) is 11.2 Å². The zero-order valence-electron chi connectivity index (χ0n) is 11.3. The van der Waals surface area contributed by atoms with Crippen LogP contribution in [0.25, 0.3) is 0 Å². The summed E-state index contributed by atoms with van der Waals surface area (Å²) in [6.45, 7) is 0. The fourth-order valence-corrected chi connectivity index (χ4v) is 3.13. The van der Waals surface area contributed by atoms with Crippen LogP contribution in [-0.4, -0.2) is 10.9 Å². The van der Waals surface area contributed by atoms with Gasteiger partial charge in [-0.05, 0) is 43.8 Å². The third-order valence-corrected chi connectivity index (χ3v) is 4.05. The number of rotatable bonds is 5. The average Bonchev–Trinajstić information content (AvgIpc) is 2.49. The lowest BCUT2D eigenvalue weighted by molar-refractivity contribution is -0.385. The molecule has 0 atom stereocenters. The van der Waals surface area contributed by atoms with Crippen molar-refractivity contribution in [3.05, 3.63) is 67.1 Å². The first-order chi connectivity index (χ1) is 10.5. The van der Waals surface area contributed by atoms with Crippen LogP contribution >= 0.6 is 31.9 Å². The molecular weight excluding hydrogens is 418 g/mol. The third-order valence-electron chi connectivity index (χ3n) is 2.87. The van der Waals surface area contributed by atoms with Gasteiger partial charge in [0.2, 0.25) is 0 Å². The maximum Gasteiger partial charge on any atom is 0.311 e. The van der Waals surface area contributed by atoms with E-state index in [1.807, 2.05) is 30.3 Å². The summed E-state index contributed by atoms with van der Waals surface area (Å²) in [6, 6.07) is 12.2. The quantitative estimate of drug-likeness (QED) is 0.300. The van der Waals surface area contributed by atoms with Crippen molar-refractivity contribution in [2.75, 3.05) is 0 Å². The molecule has 0 heterocycles. The Morgan fingerprint density at radius 1 is 1.14 bits per heavy atom. The molecule has 0 saturated carbocycles. The van der Waals surface area contributed by atoms with E-state index in [4.69, 9.17) is 4.74 Å². The number of esters is 1. The van der Waals surface area contributed by atoms with E-state index in [1.165, 1.54) is 12.1 Å². The first-order valence-electron chi connectivity index (χ1n) is 6.35. The van der Waals surface area contributed by atoms with Crippen LogP contribution in [0.4, 0.5) is 5.69 Å². The number of halogens is 2. The number of nitro groups is 1. The Balaban J connectivity index is 2.04. The summed E-state index contributed by atoms with van der Waals surface area (Å²) in [4.78, 5) is 22.1. The summed E-state index contributed by atoms with van der Waals surface area (Å²) in [5.41, 5.74) is 0.948. The lowest BCUT2D eigenvalue weighted by atomic mass is 10.1. The molecule has 0 amide bonds. The van der Waals surface area contributed by atoms with Crippen LogP contribution in [0, 0.1) is 10.1 Å². The number of nitrogens with zero attached hydrogens (tertiary/aromatic N) is 1. The van der Waals surface area contributed by atoms with E-state index >= 15 is 0 Å². The van der Waals surface area contributed by atoms with Crippen molar-refractivity contribution in [3.63, 3.8) is 0 Å². The number of aryl methyl sites for hydroxylation is 1. The topological polar surface area (TPSA) is 69.4 Å². The summed E-state index contributed by atoms with van der Waals surface area (Å²) in [5, 5.41) is 10.8. The van der Waals surface area contributed by atoms with Gasteiger partial charge in [0.15, 0.2) is 5.75 Å². The Kier molecular flexibility index (Phi) is 5.68. The van der Waals surface area contributed by atoms with Gasteiger partial charge in [-0.15, -0.1) is 0 Å². The molecule has 0 bridgehead atoms. The monoisotopic (exact) mass is 427 g/mol. The van der Waals surface area contributed by atoms with Crippen molar-refractivity contribution in [3.8, 4) is 5.75 Å². The molecule has 22 heavy (non-hydrogen) atoms. The van der Waals surface area contributed by atoms with E-state index in [2.05, 4.69) is 31.9 Å². The first kappa shape index (κ1) is 16.6. The minimum atomic E-state index is -0.517. The molecule has 0 aliphatic rings. The molecule has 0 aliphatic carbocycles. The Hall–Kier alpha value is -1.73. The van der Waals surface area contributed by atoms with Crippen molar-refractivity contribution in [2.24, 2.45) is 0 Å². The molecule has 0 fully saturated rings. The largest absolute Gasteiger partial charge is 0.424 e. The van der Waals surface area contributed by atoms with E-state index < -0.39 is 10.9 Å². The highest BCUT2D eigenvalue weighted by atomic mass is 79.9. The smallest absolute Gasteiger partial charge is 0.311 e. The predicted octanol–water partition coefficient (Wildman–Crippen LogP) is 4.66. The van der Waals surface area contributed by atoms with E-state index in [0.29, 0.717) is 15.4 Å². The summed E-state index contributed by atoms with van der Waals surface area (Å²) in [7, 11) is 0. The highest BCUT2D eigenvalue weighted by Crippen LogP contribution is 2.37. The first-order valence-corrected chi connectivity index (χ1v) is 7.94. The highest BCUT2D eigenvalue weighted by molar-refractivity contribution is 9.11. The zero-order valence-corrected chi connectivity index (χ0v) is 14.5. The Bertz CT molecular complexity index is 681. The maximum absolute atomic E-state index is 11.9. The Morgan fingerprint density at radius 2 is 1.73 bits per heavy atom. The van der Waals surface area contributed by atoms with E-state index in [0.717, 1.165) is 5.56 Å². The number of carbonyl (C=O) groups excluding carboxylic acids is 1. The number of hydrogen-bond donors (Lipinski definition) is 0. The molecule has 2 aromatic carbocycles. The number of benzene rings is 2. The van der Waals surface area contributed by atoms with Gasteiger partial charge >= 0.3 is 5.97 Å². The predicted molar refractivity (Wildman–Crippen MR) is 88.9 cm³/mol. The van der Waals surface area contributed by atoms with Crippen LogP contribution in [0.5, 0.6) is 5.75 Å². The molecule has 0 N–H and O–H groups in total. The van der Waals surface area contributed by atoms with Gasteiger partial charge < -0.3 is 4.74 Å². The van der Waals surface area contributed by atoms with E-state index in [-0.39, 0.29) is 17.9 Å². The van der Waals surface area contributed by atoms with Gasteiger partial charge in [0.1, 0.15) is 0 Å². The number of ether oxygens (including phenoxy) is 1. The molecule has 0 radical (unpaired) electrons. The van der Waals surface area contributed by atoms with Crippen molar-refractivity contribution in [1.29, 1.82) is 0 Å². The zero-order chi connectivity index (χ0) is 16.1. The van der Waals surface area contributed by atoms with Crippen LogP contribution in [0.2, 0.25) is 0 Å². The molecule has 2 aromatic rings. The normalized spacial score (nSPS) is 10.3. The number of nitro benzene ring substituents is 1. The lowest BCUT2D eigenvalue weighted by Crippen LogP contribution is -2.10. The van der Waals surface area contributed by atoms with Gasteiger partial charge in [0, 0.05) is 18.6 Å². The van der Waals surface area contributed by atoms with Crippen LogP contribution in [0.15, 0.2) is 51.4 Å². The standard InChI is InChI=1S/C15H11Br2NO4/c16-12-8-11(18(20)21)9-13(17)15(12)22-14(19)7-6-10-4-2-1-3-5-10/h1-5,8-9H,6-7H2. The summed E-state index contributed by atoms with van der Waals surface area (Å²) < 4.78 is 5.97. The van der Waals surface area contributed by atoms with Crippen molar-refractivity contribution < 1.29 is 14.5 Å². The second-order valence-corrected chi connectivity index (χ2v) is 6.16. The molecule has 7 heteroatoms. The summed E-state index contributed by atoms with van der Waals surface area (Å²) >= 11 is 6.36. The van der Waals surface area contributed by atoms with Gasteiger partial charge in [0.25, 0.3) is 5.69 Å². The number of hydrogen-bond acceptors (Lipinski definition) is 4. The molecule has 0 aromatic heterocycles. The fourth-order valence-electron chi connectivity index (χ4n) is 1.81. The van der Waals surface area contributed by atoms with Crippen LogP contribution < -0.4 is 4.74 Å². The van der Waals surface area contributed by atoms with Gasteiger partial charge in [0.05, 0.1) is 13.9 Å². The van der Waals surface area contributed by atoms with Crippen LogP contribution in [0.3, 0.4) is 0 Å². The second-order valence-electron chi connectivity index (χ2n) is 4.46. The maximum atomic E-state index is 11.9. The third kappa shape index (κ3) is 4.38. The Labute approximate surface area is 143 Å². The SMILES string of the molecule is O=C(CCc1ccccc1)Oc1c(Br)cc([N+](=O)[O-])cc1Br. The summed E-state index contributed by atoms with van der Waals surface area (Å²) in [5.74, 6) is -0.164. The minimum Gasteiger partial charge on any atom is -0.424 e. The molecule has 5 nitrogen and oxygen atoms in total. The fraction of sp³-hybridized carbons (Fsp3) is 0.133. The van der Waals surface area contributed by atoms with Crippen molar-refractivity contribution >= 4 is 43.5 Å². The van der Waals surface area contributed by atoms with E-state index in [9.17, 15) is 14.9 Å². The molecule has 2 rings (SSSR count). The molecule has 0 spiro atoms. The van der Waals surface area contributed by atoms with Crippen molar-refractivity contribution in [1.82, 2.24) is 0 Å². The average molecular weight is 429 g/mol. The molecule has 114 valence electrons. The lowest BCUT2D eigenvalue weighted by Gasteiger charge is -2.08. The molecule has 0 unspecified atom stereocenters. The van der Waals surface area contributed by atoms with Crippen molar-refractivity contribution in [2.45, 2.75) is 12.8 Å². The van der Waals surface area contributed by atoms with Gasteiger partial charge in [-0.2, -0.15) is 0 Å².